The van der Waals surface area contributed by atoms with Gasteiger partial charge in [-0.1, -0.05) is 6.92 Å². The second-order valence-corrected chi connectivity index (χ2v) is 6.84. The summed E-state index contributed by atoms with van der Waals surface area (Å²) < 4.78 is 26.2. The normalized spacial score (nSPS) is 21.7. The molecule has 0 aliphatic carbocycles. The second kappa shape index (κ2) is 7.40. The van der Waals surface area contributed by atoms with Gasteiger partial charge < -0.3 is 10.8 Å². The minimum absolute atomic E-state index is 0.118. The maximum Gasteiger partial charge on any atom is 0.218 e. The van der Waals surface area contributed by atoms with Gasteiger partial charge in [0.15, 0.2) is 0 Å². The molecular formula is C11H25N3O3S. The van der Waals surface area contributed by atoms with Crippen molar-refractivity contribution in [3.8, 4) is 0 Å². The lowest BCUT2D eigenvalue weighted by Crippen LogP contribution is -2.43. The van der Waals surface area contributed by atoms with Gasteiger partial charge in [-0.3, -0.25) is 4.90 Å². The molecule has 1 aliphatic heterocycles. The molecule has 6 nitrogen and oxygen atoms in total. The van der Waals surface area contributed by atoms with Crippen LogP contribution in [0, 0.1) is 0 Å². The van der Waals surface area contributed by atoms with Gasteiger partial charge in [0.25, 0.3) is 0 Å². The topological polar surface area (TPSA) is 86.9 Å². The summed E-state index contributed by atoms with van der Waals surface area (Å²) in [7, 11) is -3.27. The molecule has 1 fully saturated rings. The van der Waals surface area contributed by atoms with Crippen molar-refractivity contribution in [1.29, 1.82) is 0 Å². The smallest absolute Gasteiger partial charge is 0.218 e. The molecule has 108 valence electrons. The average molecular weight is 279 g/mol. The van der Waals surface area contributed by atoms with Gasteiger partial charge in [0.2, 0.25) is 10.0 Å². The molecule has 0 spiro atoms. The van der Waals surface area contributed by atoms with Gasteiger partial charge in [-0.2, -0.15) is 0 Å². The van der Waals surface area contributed by atoms with Crippen LogP contribution in [0.4, 0.5) is 0 Å². The van der Waals surface area contributed by atoms with Gasteiger partial charge in [0, 0.05) is 32.7 Å². The van der Waals surface area contributed by atoms with E-state index in [0.717, 1.165) is 13.0 Å². The number of β-amino-alcohol motifs (C(OH)–C–C–N with tert-alkyl or cyclic N) is 1. The van der Waals surface area contributed by atoms with E-state index in [-0.39, 0.29) is 13.2 Å². The van der Waals surface area contributed by atoms with Crippen LogP contribution in [0.5, 0.6) is 0 Å². The zero-order valence-corrected chi connectivity index (χ0v) is 11.9. The van der Waals surface area contributed by atoms with E-state index in [1.807, 2.05) is 6.92 Å². The van der Waals surface area contributed by atoms with Crippen LogP contribution in [-0.2, 0) is 10.0 Å². The van der Waals surface area contributed by atoms with Gasteiger partial charge in [0.05, 0.1) is 11.9 Å². The van der Waals surface area contributed by atoms with Gasteiger partial charge >= 0.3 is 0 Å². The van der Waals surface area contributed by atoms with Crippen molar-refractivity contribution >= 4 is 10.0 Å². The highest BCUT2D eigenvalue weighted by atomic mass is 32.2. The minimum atomic E-state index is -3.27. The number of hydrogen-bond donors (Lipinski definition) is 2. The summed E-state index contributed by atoms with van der Waals surface area (Å²) in [4.78, 5) is 2.10. The molecule has 1 atom stereocenters. The van der Waals surface area contributed by atoms with Crippen molar-refractivity contribution in [1.82, 2.24) is 9.21 Å². The van der Waals surface area contributed by atoms with Crippen LogP contribution in [0.25, 0.3) is 0 Å². The number of rotatable bonds is 6. The number of nitrogens with zero attached hydrogens (tertiary/aromatic N) is 2. The Balaban J connectivity index is 2.67. The van der Waals surface area contributed by atoms with Gasteiger partial charge in [-0.25, -0.2) is 12.7 Å². The van der Waals surface area contributed by atoms with E-state index in [1.165, 1.54) is 0 Å². The quantitative estimate of drug-likeness (QED) is 0.655. The highest BCUT2D eigenvalue weighted by Gasteiger charge is 2.30. The highest BCUT2D eigenvalue weighted by Crippen LogP contribution is 2.14. The molecule has 0 bridgehead atoms. The molecule has 1 saturated heterocycles. The van der Waals surface area contributed by atoms with E-state index in [4.69, 9.17) is 10.8 Å². The zero-order valence-electron chi connectivity index (χ0n) is 11.1. The second-order valence-electron chi connectivity index (χ2n) is 4.63. The molecule has 0 aromatic carbocycles. The molecule has 3 N–H and O–H groups in total. The molecule has 7 heteroatoms. The molecular weight excluding hydrogens is 254 g/mol. The lowest BCUT2D eigenvalue weighted by molar-refractivity contribution is 0.202. The average Bonchev–Trinajstić information content (AvgIpc) is 2.57. The number of aliphatic hydroxyl groups is 1. The molecule has 1 rings (SSSR count). The predicted octanol–water partition coefficient (Wildman–Crippen LogP) is -0.946. The molecule has 0 saturated carbocycles. The van der Waals surface area contributed by atoms with Crippen molar-refractivity contribution in [2.24, 2.45) is 5.73 Å². The molecule has 0 aromatic heterocycles. The fourth-order valence-electron chi connectivity index (χ4n) is 2.28. The maximum absolute atomic E-state index is 12.3. The molecule has 1 heterocycles. The zero-order chi connectivity index (χ0) is 13.6. The largest absolute Gasteiger partial charge is 0.395 e. The molecule has 1 unspecified atom stereocenters. The fraction of sp³-hybridized carbons (Fsp3) is 1.00. The molecule has 0 amide bonds. The Morgan fingerprint density at radius 2 is 2.00 bits per heavy atom. The Kier molecular flexibility index (Phi) is 6.51. The van der Waals surface area contributed by atoms with E-state index in [1.54, 1.807) is 4.31 Å². The summed E-state index contributed by atoms with van der Waals surface area (Å²) in [6, 6.07) is 0. The summed E-state index contributed by atoms with van der Waals surface area (Å²) >= 11 is 0. The predicted molar refractivity (Wildman–Crippen MR) is 71.8 cm³/mol. The third-order valence-electron chi connectivity index (χ3n) is 3.46. The standard InChI is InChI=1S/C11H25N3O3S/c1-2-11(10-12)18(16,17)14-5-3-4-13(6-7-14)8-9-15/h11,15H,2-10,12H2,1H3. The Morgan fingerprint density at radius 1 is 1.28 bits per heavy atom. The first-order valence-electron chi connectivity index (χ1n) is 6.58. The van der Waals surface area contributed by atoms with Crippen molar-refractivity contribution < 1.29 is 13.5 Å². The van der Waals surface area contributed by atoms with Crippen molar-refractivity contribution in [2.45, 2.75) is 25.0 Å². The number of aliphatic hydroxyl groups excluding tert-OH is 1. The summed E-state index contributed by atoms with van der Waals surface area (Å²) in [6.07, 6.45) is 1.36. The van der Waals surface area contributed by atoms with E-state index >= 15 is 0 Å². The van der Waals surface area contributed by atoms with Crippen LogP contribution in [0.1, 0.15) is 19.8 Å². The van der Waals surface area contributed by atoms with Crippen LogP contribution in [0.2, 0.25) is 0 Å². The fourth-order valence-corrected chi connectivity index (χ4v) is 4.08. The number of nitrogens with two attached hydrogens (primary N) is 1. The van der Waals surface area contributed by atoms with Crippen LogP contribution < -0.4 is 5.73 Å². The van der Waals surface area contributed by atoms with Crippen LogP contribution in [-0.4, -0.2) is 73.9 Å². The van der Waals surface area contributed by atoms with Crippen molar-refractivity contribution in [3.63, 3.8) is 0 Å². The first-order chi connectivity index (χ1) is 8.56. The van der Waals surface area contributed by atoms with Gasteiger partial charge in [-0.15, -0.1) is 0 Å². The Bertz CT molecular complexity index is 330. The van der Waals surface area contributed by atoms with Gasteiger partial charge in [-0.05, 0) is 19.4 Å². The summed E-state index contributed by atoms with van der Waals surface area (Å²) in [5.74, 6) is 0. The number of hydrogen-bond acceptors (Lipinski definition) is 5. The third-order valence-corrected chi connectivity index (χ3v) is 5.92. The Labute approximate surface area is 110 Å². The summed E-state index contributed by atoms with van der Waals surface area (Å²) in [5, 5.41) is 8.44. The van der Waals surface area contributed by atoms with E-state index in [2.05, 4.69) is 4.90 Å². The Hall–Kier alpha value is -0.210. The first-order valence-corrected chi connectivity index (χ1v) is 8.08. The van der Waals surface area contributed by atoms with E-state index < -0.39 is 15.3 Å². The van der Waals surface area contributed by atoms with Crippen molar-refractivity contribution in [2.75, 3.05) is 45.9 Å². The van der Waals surface area contributed by atoms with Crippen LogP contribution in [0.15, 0.2) is 0 Å². The molecule has 1 aliphatic rings. The molecule has 0 radical (unpaired) electrons. The maximum atomic E-state index is 12.3. The van der Waals surface area contributed by atoms with E-state index in [0.29, 0.717) is 32.6 Å². The van der Waals surface area contributed by atoms with Crippen LogP contribution in [0.3, 0.4) is 0 Å². The van der Waals surface area contributed by atoms with Crippen LogP contribution >= 0.6 is 0 Å². The lowest BCUT2D eigenvalue weighted by Gasteiger charge is -2.25. The number of sulfonamides is 1. The van der Waals surface area contributed by atoms with E-state index in [9.17, 15) is 8.42 Å². The molecule has 18 heavy (non-hydrogen) atoms. The lowest BCUT2D eigenvalue weighted by atomic mass is 10.3. The Morgan fingerprint density at radius 3 is 2.56 bits per heavy atom. The minimum Gasteiger partial charge on any atom is -0.395 e. The SMILES string of the molecule is CCC(CN)S(=O)(=O)N1CCCN(CCO)CC1. The van der Waals surface area contributed by atoms with Gasteiger partial charge in [0.1, 0.15) is 0 Å². The summed E-state index contributed by atoms with van der Waals surface area (Å²) in [6.45, 7) is 5.34. The third kappa shape index (κ3) is 3.89. The molecule has 0 aromatic rings. The van der Waals surface area contributed by atoms with Crippen molar-refractivity contribution in [3.05, 3.63) is 0 Å². The monoisotopic (exact) mass is 279 g/mol. The first kappa shape index (κ1) is 15.8. The highest BCUT2D eigenvalue weighted by molar-refractivity contribution is 7.89. The summed E-state index contributed by atoms with van der Waals surface area (Å²) in [5.41, 5.74) is 5.54.